The van der Waals surface area contributed by atoms with Crippen LogP contribution in [0, 0.1) is 51.8 Å². The van der Waals surface area contributed by atoms with E-state index in [9.17, 15) is 9.59 Å². The molecular weight excluding hydrogens is 332 g/mol. The number of allylic oxidation sites excluding steroid dienone is 1. The number of fused-ring (bicyclic) bond motifs is 5. The number of Topliss-reactive ketones (excluding diaryl/α,β-unsaturated/α-hetero) is 1. The second-order valence-electron chi connectivity index (χ2n) is 11.4. The topological polar surface area (TPSA) is 34.1 Å². The van der Waals surface area contributed by atoms with Gasteiger partial charge in [0.2, 0.25) is 0 Å². The van der Waals surface area contributed by atoms with Crippen molar-refractivity contribution >= 4 is 11.6 Å². The monoisotopic (exact) mass is 370 g/mol. The molecule has 150 valence electrons. The Morgan fingerprint density at radius 1 is 1.11 bits per heavy atom. The van der Waals surface area contributed by atoms with Gasteiger partial charge in [-0.2, -0.15) is 0 Å². The molecule has 8 unspecified atom stereocenters. The Hall–Kier alpha value is -0.920. The number of rotatable bonds is 1. The van der Waals surface area contributed by atoms with Crippen LogP contribution in [0.5, 0.6) is 0 Å². The van der Waals surface area contributed by atoms with Gasteiger partial charge in [0.15, 0.2) is 5.78 Å². The fraction of sp³-hybridized carbons (Fsp3) is 0.840. The molecule has 0 aromatic carbocycles. The van der Waals surface area contributed by atoms with Crippen molar-refractivity contribution in [3.8, 4) is 0 Å². The third-order valence-electron chi connectivity index (χ3n) is 10.4. The molecule has 0 saturated heterocycles. The summed E-state index contributed by atoms with van der Waals surface area (Å²) < 4.78 is 0. The van der Waals surface area contributed by atoms with Crippen molar-refractivity contribution in [2.45, 2.75) is 80.6 Å². The summed E-state index contributed by atoms with van der Waals surface area (Å²) in [6.45, 7) is 16.1. The first-order valence-corrected chi connectivity index (χ1v) is 11.2. The van der Waals surface area contributed by atoms with Gasteiger partial charge in [-0.1, -0.05) is 47.1 Å². The van der Waals surface area contributed by atoms with E-state index in [-0.39, 0.29) is 16.2 Å². The molecule has 9 atom stereocenters. The average molecular weight is 371 g/mol. The largest absolute Gasteiger partial charge is 0.299 e. The zero-order valence-electron chi connectivity index (χ0n) is 18.4. The molecule has 0 bridgehead atoms. The average Bonchev–Trinajstić information content (AvgIpc) is 2.78. The first-order chi connectivity index (χ1) is 12.5. The van der Waals surface area contributed by atoms with E-state index in [2.05, 4.69) is 41.5 Å². The van der Waals surface area contributed by atoms with Crippen LogP contribution >= 0.6 is 0 Å². The van der Waals surface area contributed by atoms with E-state index in [1.54, 1.807) is 0 Å². The summed E-state index contributed by atoms with van der Waals surface area (Å²) in [5.41, 5.74) is 1.53. The predicted molar refractivity (Wildman–Crippen MR) is 109 cm³/mol. The summed E-state index contributed by atoms with van der Waals surface area (Å²) in [7, 11) is 0. The standard InChI is InChI=1S/C25H38O2/c1-14-10-19-21-11-16(3)25(7,17(4)26)24(21,6)13-15(2)22(19)23(5)9-8-18(27)12-20(14)23/h12,14-16,19,21-22H,8-11,13H2,1-7H3/t14?,15?,16?,19?,21?,22?,23?,24?,25-/m1/s1. The van der Waals surface area contributed by atoms with Crippen LogP contribution in [0.1, 0.15) is 80.6 Å². The van der Waals surface area contributed by atoms with Gasteiger partial charge in [-0.05, 0) is 85.0 Å². The minimum absolute atomic E-state index is 0.112. The molecule has 2 heteroatoms. The lowest BCUT2D eigenvalue weighted by atomic mass is 9.41. The molecule has 4 rings (SSSR count). The molecule has 0 amide bonds. The third-order valence-corrected chi connectivity index (χ3v) is 10.4. The van der Waals surface area contributed by atoms with Gasteiger partial charge in [0, 0.05) is 11.8 Å². The smallest absolute Gasteiger partial charge is 0.155 e. The summed E-state index contributed by atoms with van der Waals surface area (Å²) >= 11 is 0. The van der Waals surface area contributed by atoms with E-state index in [0.717, 1.165) is 12.8 Å². The lowest BCUT2D eigenvalue weighted by molar-refractivity contribution is -0.148. The van der Waals surface area contributed by atoms with Crippen LogP contribution < -0.4 is 0 Å². The molecule has 0 N–H and O–H groups in total. The number of carbonyl (C=O) groups excluding carboxylic acids is 2. The fourth-order valence-corrected chi connectivity index (χ4v) is 9.00. The first-order valence-electron chi connectivity index (χ1n) is 11.2. The highest BCUT2D eigenvalue weighted by Crippen LogP contribution is 2.73. The maximum Gasteiger partial charge on any atom is 0.155 e. The number of carbonyl (C=O) groups is 2. The molecule has 2 nitrogen and oxygen atoms in total. The SMILES string of the molecule is CC(=O)[C@@]1(C)C(C)CC2C3CC(C)C4=CC(=O)CCC4(C)C3C(C)CC21C. The highest BCUT2D eigenvalue weighted by molar-refractivity contribution is 5.91. The van der Waals surface area contributed by atoms with Crippen molar-refractivity contribution in [1.29, 1.82) is 0 Å². The van der Waals surface area contributed by atoms with Gasteiger partial charge in [0.25, 0.3) is 0 Å². The molecule has 0 heterocycles. The molecular formula is C25H38O2. The van der Waals surface area contributed by atoms with Crippen LogP contribution in [0.4, 0.5) is 0 Å². The van der Waals surface area contributed by atoms with Gasteiger partial charge in [-0.15, -0.1) is 0 Å². The van der Waals surface area contributed by atoms with E-state index in [1.165, 1.54) is 18.4 Å². The van der Waals surface area contributed by atoms with Crippen LogP contribution in [0.3, 0.4) is 0 Å². The van der Waals surface area contributed by atoms with Gasteiger partial charge < -0.3 is 0 Å². The molecule has 0 spiro atoms. The van der Waals surface area contributed by atoms with Crippen molar-refractivity contribution in [2.24, 2.45) is 51.8 Å². The molecule has 27 heavy (non-hydrogen) atoms. The van der Waals surface area contributed by atoms with Crippen molar-refractivity contribution in [3.63, 3.8) is 0 Å². The molecule has 3 fully saturated rings. The Bertz CT molecular complexity index is 720. The lowest BCUT2D eigenvalue weighted by Gasteiger charge is -2.63. The number of ketones is 2. The zero-order chi connectivity index (χ0) is 19.9. The van der Waals surface area contributed by atoms with Crippen LogP contribution in [0.25, 0.3) is 0 Å². The maximum absolute atomic E-state index is 12.8. The van der Waals surface area contributed by atoms with Crippen LogP contribution in [-0.2, 0) is 9.59 Å². The van der Waals surface area contributed by atoms with Gasteiger partial charge >= 0.3 is 0 Å². The minimum atomic E-state index is -0.195. The van der Waals surface area contributed by atoms with E-state index < -0.39 is 0 Å². The summed E-state index contributed by atoms with van der Waals surface area (Å²) in [5, 5.41) is 0. The molecule has 0 aromatic heterocycles. The minimum Gasteiger partial charge on any atom is -0.299 e. The normalized spacial score (nSPS) is 54.6. The quantitative estimate of drug-likeness (QED) is 0.580. The predicted octanol–water partition coefficient (Wildman–Crippen LogP) is 5.85. The van der Waals surface area contributed by atoms with Gasteiger partial charge in [0.05, 0.1) is 0 Å². The molecule has 0 aromatic rings. The van der Waals surface area contributed by atoms with Crippen LogP contribution in [-0.4, -0.2) is 11.6 Å². The third kappa shape index (κ3) is 2.25. The molecule has 4 aliphatic carbocycles. The van der Waals surface area contributed by atoms with Crippen molar-refractivity contribution in [2.75, 3.05) is 0 Å². The van der Waals surface area contributed by atoms with Crippen molar-refractivity contribution < 1.29 is 9.59 Å². The molecule has 0 radical (unpaired) electrons. The van der Waals surface area contributed by atoms with Crippen LogP contribution in [0.2, 0.25) is 0 Å². The molecule has 0 aliphatic heterocycles. The highest BCUT2D eigenvalue weighted by atomic mass is 16.1. The summed E-state index contributed by atoms with van der Waals surface area (Å²) in [6, 6.07) is 0. The Balaban J connectivity index is 1.81. The van der Waals surface area contributed by atoms with Crippen molar-refractivity contribution in [3.05, 3.63) is 11.6 Å². The second-order valence-corrected chi connectivity index (χ2v) is 11.4. The summed E-state index contributed by atoms with van der Waals surface area (Å²) in [6.07, 6.45) is 7.31. The number of hydrogen-bond acceptors (Lipinski definition) is 2. The molecule has 3 saturated carbocycles. The lowest BCUT2D eigenvalue weighted by Crippen LogP contribution is -2.57. The Morgan fingerprint density at radius 2 is 1.78 bits per heavy atom. The van der Waals surface area contributed by atoms with E-state index >= 15 is 0 Å². The van der Waals surface area contributed by atoms with Crippen molar-refractivity contribution in [1.82, 2.24) is 0 Å². The maximum atomic E-state index is 12.8. The van der Waals surface area contributed by atoms with Crippen LogP contribution in [0.15, 0.2) is 11.6 Å². The van der Waals surface area contributed by atoms with E-state index in [0.29, 0.717) is 53.5 Å². The first kappa shape index (κ1) is 19.4. The highest BCUT2D eigenvalue weighted by Gasteiger charge is 2.68. The second kappa shape index (κ2) is 5.80. The fourth-order valence-electron chi connectivity index (χ4n) is 9.00. The Morgan fingerprint density at radius 3 is 2.41 bits per heavy atom. The van der Waals surface area contributed by atoms with Gasteiger partial charge in [0.1, 0.15) is 5.78 Å². The van der Waals surface area contributed by atoms with E-state index in [4.69, 9.17) is 0 Å². The Kier molecular flexibility index (Phi) is 4.17. The zero-order valence-corrected chi connectivity index (χ0v) is 18.4. The van der Waals surface area contributed by atoms with Gasteiger partial charge in [-0.3, -0.25) is 9.59 Å². The van der Waals surface area contributed by atoms with Gasteiger partial charge in [-0.25, -0.2) is 0 Å². The summed E-state index contributed by atoms with van der Waals surface area (Å²) in [4.78, 5) is 25.0. The summed E-state index contributed by atoms with van der Waals surface area (Å²) in [5.74, 6) is 4.28. The molecule has 4 aliphatic rings. The van der Waals surface area contributed by atoms with E-state index in [1.807, 2.05) is 13.0 Å². The number of hydrogen-bond donors (Lipinski definition) is 0. The Labute approximate surface area is 165 Å².